The van der Waals surface area contributed by atoms with Crippen LogP contribution in [0.15, 0.2) is 41.2 Å². The van der Waals surface area contributed by atoms with Crippen molar-refractivity contribution in [1.82, 2.24) is 20.6 Å². The largest absolute Gasteiger partial charge is 0.366 e. The molecule has 0 bridgehead atoms. The number of nitrogens with one attached hydrogen (secondary N) is 2. The SMILES string of the molecule is O=[N+]([O-])/C=C(\NCCSCCc1cscn1)NCCSCc1ncccc1Cl. The van der Waals surface area contributed by atoms with Crippen LogP contribution in [0.4, 0.5) is 0 Å². The van der Waals surface area contributed by atoms with E-state index in [9.17, 15) is 10.1 Å². The molecule has 0 unspecified atom stereocenters. The number of nitrogens with zero attached hydrogens (tertiary/aromatic N) is 3. The van der Waals surface area contributed by atoms with E-state index in [1.54, 1.807) is 47.1 Å². The predicted molar refractivity (Wildman–Crippen MR) is 120 cm³/mol. The second-order valence-corrected chi connectivity index (χ2v) is 8.96. The fourth-order valence-corrected chi connectivity index (χ4v) is 4.59. The van der Waals surface area contributed by atoms with Crippen molar-refractivity contribution >= 4 is 46.5 Å². The molecule has 0 saturated carbocycles. The Balaban J connectivity index is 1.59. The lowest BCUT2D eigenvalue weighted by Gasteiger charge is -2.11. The summed E-state index contributed by atoms with van der Waals surface area (Å²) in [5.74, 6) is 3.78. The van der Waals surface area contributed by atoms with E-state index in [0.29, 0.717) is 29.7 Å². The van der Waals surface area contributed by atoms with E-state index >= 15 is 0 Å². The molecule has 0 saturated heterocycles. The Labute approximate surface area is 181 Å². The number of halogens is 1. The lowest BCUT2D eigenvalue weighted by atomic mass is 10.4. The monoisotopic (exact) mass is 459 g/mol. The maximum Gasteiger partial charge on any atom is 0.274 e. The van der Waals surface area contributed by atoms with E-state index in [0.717, 1.165) is 41.3 Å². The number of hydrogen-bond donors (Lipinski definition) is 2. The van der Waals surface area contributed by atoms with Gasteiger partial charge in [-0.25, -0.2) is 4.98 Å². The second-order valence-electron chi connectivity index (χ2n) is 5.51. The third-order valence-corrected chi connectivity index (χ3v) is 6.35. The molecule has 0 spiro atoms. The normalized spacial score (nSPS) is 11.4. The number of rotatable bonds is 14. The van der Waals surface area contributed by atoms with Crippen molar-refractivity contribution in [1.29, 1.82) is 0 Å². The highest BCUT2D eigenvalue weighted by Crippen LogP contribution is 2.18. The molecular formula is C17H22ClN5O2S3. The number of thiazole rings is 1. The summed E-state index contributed by atoms with van der Waals surface area (Å²) in [5, 5.41) is 19.7. The number of pyridine rings is 1. The molecule has 2 rings (SSSR count). The molecule has 2 aromatic heterocycles. The third-order valence-electron chi connectivity index (χ3n) is 3.42. The predicted octanol–water partition coefficient (Wildman–Crippen LogP) is 3.66. The van der Waals surface area contributed by atoms with Gasteiger partial charge in [-0.1, -0.05) is 11.6 Å². The number of thioether (sulfide) groups is 2. The van der Waals surface area contributed by atoms with Crippen LogP contribution in [-0.2, 0) is 12.2 Å². The minimum absolute atomic E-state index is 0.432. The van der Waals surface area contributed by atoms with Crippen molar-refractivity contribution in [2.24, 2.45) is 0 Å². The van der Waals surface area contributed by atoms with Gasteiger partial charge in [-0.3, -0.25) is 15.1 Å². The summed E-state index contributed by atoms with van der Waals surface area (Å²) < 4.78 is 0. The van der Waals surface area contributed by atoms with E-state index in [1.807, 2.05) is 11.6 Å². The second kappa shape index (κ2) is 13.6. The molecule has 0 aliphatic rings. The lowest BCUT2D eigenvalue weighted by molar-refractivity contribution is -0.404. The zero-order valence-electron chi connectivity index (χ0n) is 15.2. The molecule has 7 nitrogen and oxygen atoms in total. The van der Waals surface area contributed by atoms with Crippen molar-refractivity contribution < 1.29 is 4.92 Å². The van der Waals surface area contributed by atoms with Crippen LogP contribution in [0, 0.1) is 10.1 Å². The first-order chi connectivity index (χ1) is 13.6. The standard InChI is InChI=1S/C17H22ClN5O2S3/c18-15-2-1-4-19-16(15)12-27-9-6-21-17(10-23(24)25)20-5-8-26-7-3-14-11-28-13-22-14/h1-2,4,10-11,13,20-21H,3,5-9,12H2/b17-10+. The molecular weight excluding hydrogens is 438 g/mol. The summed E-state index contributed by atoms with van der Waals surface area (Å²) in [7, 11) is 0. The van der Waals surface area contributed by atoms with Crippen LogP contribution in [0.25, 0.3) is 0 Å². The van der Waals surface area contributed by atoms with Gasteiger partial charge in [0, 0.05) is 41.9 Å². The first kappa shape index (κ1) is 22.8. The van der Waals surface area contributed by atoms with E-state index in [2.05, 4.69) is 26.0 Å². The first-order valence-electron chi connectivity index (χ1n) is 8.60. The van der Waals surface area contributed by atoms with Gasteiger partial charge in [-0.15, -0.1) is 11.3 Å². The molecule has 0 aromatic carbocycles. The minimum Gasteiger partial charge on any atom is -0.366 e. The van der Waals surface area contributed by atoms with Gasteiger partial charge in [0.05, 0.1) is 26.8 Å². The Kier molecular flexibility index (Phi) is 11.1. The fourth-order valence-electron chi connectivity index (χ4n) is 2.11. The smallest absolute Gasteiger partial charge is 0.274 e. The average Bonchev–Trinajstić information content (AvgIpc) is 3.18. The maximum atomic E-state index is 10.8. The van der Waals surface area contributed by atoms with Crippen LogP contribution in [0.5, 0.6) is 0 Å². The third kappa shape index (κ3) is 9.63. The minimum atomic E-state index is -0.453. The fraction of sp³-hybridized carbons (Fsp3) is 0.412. The van der Waals surface area contributed by atoms with Crippen LogP contribution in [0.2, 0.25) is 5.02 Å². The van der Waals surface area contributed by atoms with E-state index < -0.39 is 4.92 Å². The molecule has 2 heterocycles. The van der Waals surface area contributed by atoms with Gasteiger partial charge in [0.15, 0.2) is 5.82 Å². The molecule has 0 radical (unpaired) electrons. The van der Waals surface area contributed by atoms with Gasteiger partial charge < -0.3 is 10.6 Å². The van der Waals surface area contributed by atoms with Gasteiger partial charge in [0.1, 0.15) is 0 Å². The van der Waals surface area contributed by atoms with Crippen molar-refractivity contribution in [2.75, 3.05) is 30.3 Å². The van der Waals surface area contributed by atoms with E-state index in [-0.39, 0.29) is 0 Å². The maximum absolute atomic E-state index is 10.8. The van der Waals surface area contributed by atoms with Crippen molar-refractivity contribution in [2.45, 2.75) is 12.2 Å². The van der Waals surface area contributed by atoms with Crippen LogP contribution in [0.1, 0.15) is 11.4 Å². The lowest BCUT2D eigenvalue weighted by Crippen LogP contribution is -2.30. The van der Waals surface area contributed by atoms with Gasteiger partial charge in [-0.2, -0.15) is 23.5 Å². The Morgan fingerprint density at radius 2 is 2.04 bits per heavy atom. The Bertz CT molecular complexity index is 746. The highest BCUT2D eigenvalue weighted by Gasteiger charge is 2.04. The van der Waals surface area contributed by atoms with Gasteiger partial charge in [0.25, 0.3) is 6.20 Å². The number of aromatic nitrogens is 2. The summed E-state index contributed by atoms with van der Waals surface area (Å²) in [6.07, 6.45) is 3.64. The molecule has 2 N–H and O–H groups in total. The Morgan fingerprint density at radius 3 is 2.71 bits per heavy atom. The highest BCUT2D eigenvalue weighted by atomic mass is 35.5. The molecule has 0 atom stereocenters. The Morgan fingerprint density at radius 1 is 1.25 bits per heavy atom. The molecule has 0 amide bonds. The molecule has 0 aliphatic heterocycles. The Hall–Kier alpha value is -1.49. The summed E-state index contributed by atoms with van der Waals surface area (Å²) in [6.45, 7) is 1.27. The van der Waals surface area contributed by atoms with Gasteiger partial charge >= 0.3 is 0 Å². The van der Waals surface area contributed by atoms with Crippen LogP contribution >= 0.6 is 46.5 Å². The topological polar surface area (TPSA) is 93.0 Å². The number of nitro groups is 1. The number of aryl methyl sites for hydroxylation is 1. The zero-order chi connectivity index (χ0) is 20.0. The van der Waals surface area contributed by atoms with Crippen LogP contribution in [0.3, 0.4) is 0 Å². The highest BCUT2D eigenvalue weighted by molar-refractivity contribution is 7.99. The summed E-state index contributed by atoms with van der Waals surface area (Å²) in [5.41, 5.74) is 3.80. The molecule has 152 valence electrons. The summed E-state index contributed by atoms with van der Waals surface area (Å²) in [4.78, 5) is 18.8. The molecule has 0 aliphatic carbocycles. The van der Waals surface area contributed by atoms with Gasteiger partial charge in [0.2, 0.25) is 0 Å². The summed E-state index contributed by atoms with van der Waals surface area (Å²) in [6, 6.07) is 3.62. The zero-order valence-corrected chi connectivity index (χ0v) is 18.4. The summed E-state index contributed by atoms with van der Waals surface area (Å²) >= 11 is 11.1. The van der Waals surface area contributed by atoms with E-state index in [4.69, 9.17) is 11.6 Å². The van der Waals surface area contributed by atoms with Gasteiger partial charge in [-0.05, 0) is 24.3 Å². The molecule has 28 heavy (non-hydrogen) atoms. The van der Waals surface area contributed by atoms with Crippen LogP contribution < -0.4 is 10.6 Å². The molecule has 11 heteroatoms. The average molecular weight is 460 g/mol. The molecule has 2 aromatic rings. The van der Waals surface area contributed by atoms with Crippen molar-refractivity contribution in [3.8, 4) is 0 Å². The van der Waals surface area contributed by atoms with Crippen molar-refractivity contribution in [3.63, 3.8) is 0 Å². The first-order valence-corrected chi connectivity index (χ1v) is 12.2. The number of hydrogen-bond acceptors (Lipinski definition) is 9. The quantitative estimate of drug-likeness (QED) is 0.251. The van der Waals surface area contributed by atoms with Crippen LogP contribution in [-0.4, -0.2) is 45.2 Å². The van der Waals surface area contributed by atoms with Crippen molar-refractivity contribution in [3.05, 3.63) is 67.8 Å². The van der Waals surface area contributed by atoms with E-state index in [1.165, 1.54) is 0 Å². The molecule has 0 fully saturated rings.